The third kappa shape index (κ3) is 2.71. The van der Waals surface area contributed by atoms with Gasteiger partial charge in [-0.15, -0.1) is 11.3 Å². The molecule has 1 aromatic rings. The zero-order valence-corrected chi connectivity index (χ0v) is 10.9. The summed E-state index contributed by atoms with van der Waals surface area (Å²) in [5.74, 6) is 0.984. The smallest absolute Gasteiger partial charge is 0.409 e. The summed E-state index contributed by atoms with van der Waals surface area (Å²) in [7, 11) is 1.44. The highest BCUT2D eigenvalue weighted by Crippen LogP contribution is 2.36. The quantitative estimate of drug-likeness (QED) is 0.774. The van der Waals surface area contributed by atoms with Gasteiger partial charge in [-0.3, -0.25) is 0 Å². The van der Waals surface area contributed by atoms with Gasteiger partial charge in [-0.05, 0) is 17.9 Å². The van der Waals surface area contributed by atoms with Crippen LogP contribution < -0.4 is 0 Å². The van der Waals surface area contributed by atoms with Gasteiger partial charge in [0, 0.05) is 29.0 Å². The number of carbonyl (C=O) groups is 1. The Kier molecular flexibility index (Phi) is 4.12. The molecule has 0 aliphatic carbocycles. The predicted octanol–water partition coefficient (Wildman–Crippen LogP) is 2.99. The van der Waals surface area contributed by atoms with Crippen LogP contribution in [0.3, 0.4) is 0 Å². The first-order valence-corrected chi connectivity index (χ1v) is 7.22. The number of carbonyl (C=O) groups excluding carboxylic acids is 1. The lowest BCUT2D eigenvalue weighted by Crippen LogP contribution is -2.32. The van der Waals surface area contributed by atoms with Crippen LogP contribution in [0.4, 0.5) is 4.79 Å². The third-order valence-corrected chi connectivity index (χ3v) is 5.08. The van der Waals surface area contributed by atoms with E-state index in [9.17, 15) is 4.79 Å². The monoisotopic (exact) mass is 257 g/mol. The van der Waals surface area contributed by atoms with Crippen molar-refractivity contribution in [3.05, 3.63) is 22.4 Å². The number of hydrogen-bond acceptors (Lipinski definition) is 4. The fourth-order valence-electron chi connectivity index (χ4n) is 1.78. The molecule has 0 N–H and O–H groups in total. The third-order valence-electron chi connectivity index (χ3n) is 2.63. The van der Waals surface area contributed by atoms with E-state index < -0.39 is 0 Å². The Hall–Kier alpha value is -0.680. The first-order valence-electron chi connectivity index (χ1n) is 5.29. The van der Waals surface area contributed by atoms with Gasteiger partial charge in [0.2, 0.25) is 0 Å². The van der Waals surface area contributed by atoms with E-state index in [0.717, 1.165) is 25.3 Å². The SMILES string of the molecule is COC(=O)N1CCSC(c2cccs2)CC1. The number of thioether (sulfide) groups is 1. The zero-order valence-electron chi connectivity index (χ0n) is 9.22. The maximum absolute atomic E-state index is 11.4. The van der Waals surface area contributed by atoms with Crippen LogP contribution in [0.15, 0.2) is 17.5 Å². The molecule has 2 rings (SSSR count). The molecule has 88 valence electrons. The second-order valence-electron chi connectivity index (χ2n) is 3.62. The first kappa shape index (κ1) is 11.8. The highest BCUT2D eigenvalue weighted by molar-refractivity contribution is 7.99. The van der Waals surface area contributed by atoms with Gasteiger partial charge in [0.15, 0.2) is 0 Å². The van der Waals surface area contributed by atoms with Gasteiger partial charge in [-0.1, -0.05) is 6.07 Å². The van der Waals surface area contributed by atoms with Crippen LogP contribution in [-0.4, -0.2) is 36.9 Å². The summed E-state index contributed by atoms with van der Waals surface area (Å²) in [6, 6.07) is 4.26. The van der Waals surface area contributed by atoms with E-state index in [0.29, 0.717) is 5.25 Å². The Morgan fingerprint density at radius 3 is 3.12 bits per heavy atom. The number of thiophene rings is 1. The fraction of sp³-hybridized carbons (Fsp3) is 0.545. The van der Waals surface area contributed by atoms with Gasteiger partial charge in [0.1, 0.15) is 0 Å². The van der Waals surface area contributed by atoms with Crippen molar-refractivity contribution in [3.8, 4) is 0 Å². The van der Waals surface area contributed by atoms with Gasteiger partial charge >= 0.3 is 6.09 Å². The van der Waals surface area contributed by atoms with E-state index >= 15 is 0 Å². The molecule has 5 heteroatoms. The van der Waals surface area contributed by atoms with Crippen LogP contribution in [0, 0.1) is 0 Å². The predicted molar refractivity (Wildman–Crippen MR) is 68.1 cm³/mol. The molecule has 0 saturated carbocycles. The van der Waals surface area contributed by atoms with Crippen LogP contribution in [0.1, 0.15) is 16.5 Å². The largest absolute Gasteiger partial charge is 0.453 e. The molecule has 0 spiro atoms. The van der Waals surface area contributed by atoms with Crippen molar-refractivity contribution in [3.63, 3.8) is 0 Å². The topological polar surface area (TPSA) is 29.5 Å². The molecule has 1 atom stereocenters. The van der Waals surface area contributed by atoms with Crippen LogP contribution in [0.25, 0.3) is 0 Å². The highest BCUT2D eigenvalue weighted by atomic mass is 32.2. The second-order valence-corrected chi connectivity index (χ2v) is 5.91. The normalized spacial score (nSPS) is 21.6. The van der Waals surface area contributed by atoms with Crippen LogP contribution in [0.2, 0.25) is 0 Å². The molecule has 0 radical (unpaired) electrons. The molecule has 3 nitrogen and oxygen atoms in total. The molecule has 1 saturated heterocycles. The summed E-state index contributed by atoms with van der Waals surface area (Å²) in [6.07, 6.45) is 0.813. The molecule has 16 heavy (non-hydrogen) atoms. The molecule has 1 aromatic heterocycles. The molecule has 2 heterocycles. The van der Waals surface area contributed by atoms with Gasteiger partial charge < -0.3 is 9.64 Å². The zero-order chi connectivity index (χ0) is 11.4. The maximum atomic E-state index is 11.4. The minimum Gasteiger partial charge on any atom is -0.453 e. The standard InChI is InChI=1S/C11H15NO2S2/c1-14-11(13)12-5-4-10(16-8-6-12)9-3-2-7-15-9/h2-3,7,10H,4-6,8H2,1H3. The summed E-state index contributed by atoms with van der Waals surface area (Å²) in [6.45, 7) is 1.58. The lowest BCUT2D eigenvalue weighted by Gasteiger charge is -2.17. The van der Waals surface area contributed by atoms with Crippen molar-refractivity contribution in [2.24, 2.45) is 0 Å². The highest BCUT2D eigenvalue weighted by Gasteiger charge is 2.22. The molecule has 1 unspecified atom stereocenters. The molecular formula is C11H15NO2S2. The summed E-state index contributed by atoms with van der Waals surface area (Å²) < 4.78 is 4.75. The van der Waals surface area contributed by atoms with E-state index in [4.69, 9.17) is 4.74 Å². The number of ether oxygens (including phenoxy) is 1. The molecule has 0 aromatic carbocycles. The Bertz CT molecular complexity index is 340. The van der Waals surface area contributed by atoms with Gasteiger partial charge in [-0.25, -0.2) is 4.79 Å². The minimum absolute atomic E-state index is 0.201. The van der Waals surface area contributed by atoms with Crippen molar-refractivity contribution in [2.45, 2.75) is 11.7 Å². The van der Waals surface area contributed by atoms with E-state index in [-0.39, 0.29) is 6.09 Å². The second kappa shape index (κ2) is 5.59. The van der Waals surface area contributed by atoms with Crippen molar-refractivity contribution < 1.29 is 9.53 Å². The van der Waals surface area contributed by atoms with E-state index in [1.807, 2.05) is 11.8 Å². The van der Waals surface area contributed by atoms with Gasteiger partial charge in [-0.2, -0.15) is 11.8 Å². The van der Waals surface area contributed by atoms with Crippen molar-refractivity contribution >= 4 is 29.2 Å². The van der Waals surface area contributed by atoms with Crippen LogP contribution in [0.5, 0.6) is 0 Å². The average molecular weight is 257 g/mol. The van der Waals surface area contributed by atoms with Gasteiger partial charge in [0.05, 0.1) is 7.11 Å². The molecule has 1 aliphatic rings. The molecule has 0 bridgehead atoms. The Balaban J connectivity index is 1.96. The molecule has 1 amide bonds. The average Bonchev–Trinajstić information content (AvgIpc) is 2.73. The van der Waals surface area contributed by atoms with Crippen molar-refractivity contribution in [2.75, 3.05) is 26.0 Å². The number of methoxy groups -OCH3 is 1. The lowest BCUT2D eigenvalue weighted by molar-refractivity contribution is 0.126. The number of nitrogens with zero attached hydrogens (tertiary/aromatic N) is 1. The van der Waals surface area contributed by atoms with E-state index in [2.05, 4.69) is 17.5 Å². The molecule has 1 fully saturated rings. The summed E-state index contributed by atoms with van der Waals surface area (Å²) in [4.78, 5) is 14.6. The van der Waals surface area contributed by atoms with Crippen LogP contribution in [-0.2, 0) is 4.74 Å². The number of hydrogen-bond donors (Lipinski definition) is 0. The Morgan fingerprint density at radius 1 is 1.56 bits per heavy atom. The summed E-state index contributed by atoms with van der Waals surface area (Å²) >= 11 is 3.73. The number of rotatable bonds is 1. The van der Waals surface area contributed by atoms with Crippen LogP contribution >= 0.6 is 23.1 Å². The van der Waals surface area contributed by atoms with E-state index in [1.54, 1.807) is 16.2 Å². The number of amides is 1. The Labute approximate surface area is 104 Å². The Morgan fingerprint density at radius 2 is 2.44 bits per heavy atom. The maximum Gasteiger partial charge on any atom is 0.409 e. The van der Waals surface area contributed by atoms with E-state index in [1.165, 1.54) is 12.0 Å². The summed E-state index contributed by atoms with van der Waals surface area (Å²) in [5, 5.41) is 2.65. The minimum atomic E-state index is -0.201. The summed E-state index contributed by atoms with van der Waals surface area (Å²) in [5.41, 5.74) is 0. The first-order chi connectivity index (χ1) is 7.81. The molecular weight excluding hydrogens is 242 g/mol. The van der Waals surface area contributed by atoms with Crippen molar-refractivity contribution in [1.82, 2.24) is 4.90 Å². The fourth-order valence-corrected chi connectivity index (χ4v) is 4.02. The lowest BCUT2D eigenvalue weighted by atomic mass is 10.2. The van der Waals surface area contributed by atoms with Crippen molar-refractivity contribution in [1.29, 1.82) is 0 Å². The van der Waals surface area contributed by atoms with Gasteiger partial charge in [0.25, 0.3) is 0 Å². The molecule has 1 aliphatic heterocycles.